The number of thiophene rings is 1. The zero-order valence-electron chi connectivity index (χ0n) is 17.6. The molecule has 3 heterocycles. The summed E-state index contributed by atoms with van der Waals surface area (Å²) in [7, 11) is 0. The number of hydrogen-bond donors (Lipinski definition) is 0. The van der Waals surface area contributed by atoms with Gasteiger partial charge in [0.15, 0.2) is 0 Å². The van der Waals surface area contributed by atoms with Crippen molar-refractivity contribution in [3.63, 3.8) is 0 Å². The third-order valence-corrected chi connectivity index (χ3v) is 7.99. The molecule has 5 aromatic carbocycles. The summed E-state index contributed by atoms with van der Waals surface area (Å²) in [4.78, 5) is 0. The van der Waals surface area contributed by atoms with E-state index in [1.807, 2.05) is 23.5 Å². The van der Waals surface area contributed by atoms with E-state index in [-0.39, 0.29) is 0 Å². The minimum absolute atomic E-state index is 0.920. The Labute approximate surface area is 192 Å². The van der Waals surface area contributed by atoms with E-state index in [1.165, 1.54) is 42.0 Å². The average Bonchev–Trinajstić information content (AvgIpc) is 3.52. The lowest BCUT2D eigenvalue weighted by atomic mass is 10.1. The fraction of sp³-hybridized carbons (Fsp3) is 0. The number of aromatic nitrogens is 1. The van der Waals surface area contributed by atoms with Crippen LogP contribution in [0.5, 0.6) is 0 Å². The molecule has 0 aliphatic rings. The fourth-order valence-corrected chi connectivity index (χ4v) is 6.59. The van der Waals surface area contributed by atoms with Crippen LogP contribution in [0, 0.1) is 0 Å². The first kappa shape index (κ1) is 17.5. The molecule has 8 rings (SSSR count). The van der Waals surface area contributed by atoms with Crippen LogP contribution in [-0.4, -0.2) is 4.57 Å². The lowest BCUT2D eigenvalue weighted by Crippen LogP contribution is -1.93. The van der Waals surface area contributed by atoms with Crippen molar-refractivity contribution in [2.24, 2.45) is 0 Å². The third kappa shape index (κ3) is 2.27. The van der Waals surface area contributed by atoms with Gasteiger partial charge in [0.05, 0.1) is 15.7 Å². The van der Waals surface area contributed by atoms with Gasteiger partial charge in [-0.2, -0.15) is 0 Å². The Balaban J connectivity index is 1.55. The summed E-state index contributed by atoms with van der Waals surface area (Å²) in [5.41, 5.74) is 5.46. The van der Waals surface area contributed by atoms with Gasteiger partial charge in [-0.3, -0.25) is 0 Å². The van der Waals surface area contributed by atoms with Crippen molar-refractivity contribution in [3.8, 4) is 5.69 Å². The van der Waals surface area contributed by atoms with Crippen LogP contribution in [-0.2, 0) is 0 Å². The van der Waals surface area contributed by atoms with Crippen molar-refractivity contribution < 1.29 is 4.42 Å². The van der Waals surface area contributed by atoms with E-state index >= 15 is 0 Å². The molecular weight excluding hydrogens is 422 g/mol. The van der Waals surface area contributed by atoms with E-state index in [9.17, 15) is 0 Å². The van der Waals surface area contributed by atoms with Gasteiger partial charge in [-0.1, -0.05) is 66.7 Å². The maximum Gasteiger partial charge on any atom is 0.137 e. The third-order valence-electron chi connectivity index (χ3n) is 6.80. The van der Waals surface area contributed by atoms with Crippen molar-refractivity contribution in [1.82, 2.24) is 4.57 Å². The monoisotopic (exact) mass is 439 g/mol. The van der Waals surface area contributed by atoms with Gasteiger partial charge in [0.1, 0.15) is 11.2 Å². The molecule has 0 radical (unpaired) electrons. The van der Waals surface area contributed by atoms with Crippen LogP contribution in [0.25, 0.3) is 69.6 Å². The van der Waals surface area contributed by atoms with E-state index < -0.39 is 0 Å². The Morgan fingerprint density at radius 3 is 2.18 bits per heavy atom. The lowest BCUT2D eigenvalue weighted by Gasteiger charge is -2.08. The molecule has 0 bridgehead atoms. The first-order chi connectivity index (χ1) is 16.4. The smallest absolute Gasteiger partial charge is 0.137 e. The second-order valence-electron chi connectivity index (χ2n) is 8.57. The molecule has 0 atom stereocenters. The van der Waals surface area contributed by atoms with E-state index in [0.29, 0.717) is 0 Å². The summed E-state index contributed by atoms with van der Waals surface area (Å²) in [6.07, 6.45) is 0. The van der Waals surface area contributed by atoms with E-state index in [4.69, 9.17) is 4.42 Å². The minimum atomic E-state index is 0.920. The van der Waals surface area contributed by atoms with Crippen molar-refractivity contribution in [1.29, 1.82) is 0 Å². The molecule has 3 heteroatoms. The standard InChI is InChI=1S/C30H17NOS/c1-4-10-25-19(7-1)23-15-16-24-22-9-3-6-12-28(22)33-30(24)29(23)31(25)18-13-14-21-20-8-2-5-11-26(20)32-27(21)17-18/h1-17H. The Morgan fingerprint density at radius 1 is 0.545 bits per heavy atom. The quantitative estimate of drug-likeness (QED) is 0.249. The number of benzene rings is 5. The maximum absolute atomic E-state index is 6.24. The van der Waals surface area contributed by atoms with Crippen LogP contribution in [0.4, 0.5) is 0 Å². The summed E-state index contributed by atoms with van der Waals surface area (Å²) in [5, 5.41) is 7.52. The number of furan rings is 1. The summed E-state index contributed by atoms with van der Waals surface area (Å²) in [6, 6.07) is 36.8. The molecule has 0 aliphatic heterocycles. The van der Waals surface area contributed by atoms with Crippen molar-refractivity contribution >= 4 is 75.3 Å². The number of rotatable bonds is 1. The van der Waals surface area contributed by atoms with Gasteiger partial charge in [-0.25, -0.2) is 0 Å². The molecule has 0 amide bonds. The van der Waals surface area contributed by atoms with Gasteiger partial charge < -0.3 is 8.98 Å². The van der Waals surface area contributed by atoms with E-state index in [2.05, 4.69) is 95.6 Å². The van der Waals surface area contributed by atoms with Crippen LogP contribution in [0.2, 0.25) is 0 Å². The van der Waals surface area contributed by atoms with Gasteiger partial charge >= 0.3 is 0 Å². The molecule has 8 aromatic rings. The average molecular weight is 440 g/mol. The maximum atomic E-state index is 6.24. The van der Waals surface area contributed by atoms with Gasteiger partial charge in [0.25, 0.3) is 0 Å². The molecule has 0 saturated heterocycles. The normalized spacial score (nSPS) is 12.2. The highest BCUT2D eigenvalue weighted by Gasteiger charge is 2.18. The predicted octanol–water partition coefficient (Wildman–Crippen LogP) is 9.05. The van der Waals surface area contributed by atoms with E-state index in [0.717, 1.165) is 27.6 Å². The highest BCUT2D eigenvalue weighted by atomic mass is 32.1. The topological polar surface area (TPSA) is 18.1 Å². The second kappa shape index (κ2) is 6.25. The Kier molecular flexibility index (Phi) is 3.31. The molecule has 33 heavy (non-hydrogen) atoms. The molecule has 0 fully saturated rings. The molecule has 2 nitrogen and oxygen atoms in total. The summed E-state index contributed by atoms with van der Waals surface area (Å²) < 4.78 is 11.3. The van der Waals surface area contributed by atoms with E-state index in [1.54, 1.807) is 0 Å². The summed E-state index contributed by atoms with van der Waals surface area (Å²) >= 11 is 1.88. The molecule has 0 spiro atoms. The molecule has 0 aliphatic carbocycles. The number of hydrogen-bond acceptors (Lipinski definition) is 2. The van der Waals surface area contributed by atoms with Crippen LogP contribution in [0.1, 0.15) is 0 Å². The van der Waals surface area contributed by atoms with Crippen molar-refractivity contribution in [3.05, 3.63) is 103 Å². The van der Waals surface area contributed by atoms with Crippen molar-refractivity contribution in [2.75, 3.05) is 0 Å². The molecule has 0 saturated carbocycles. The minimum Gasteiger partial charge on any atom is -0.456 e. The van der Waals surface area contributed by atoms with Crippen LogP contribution in [0.15, 0.2) is 108 Å². The fourth-order valence-electron chi connectivity index (χ4n) is 5.35. The first-order valence-corrected chi connectivity index (χ1v) is 11.9. The predicted molar refractivity (Wildman–Crippen MR) is 141 cm³/mol. The Bertz CT molecular complexity index is 2040. The highest BCUT2D eigenvalue weighted by molar-refractivity contribution is 7.26. The van der Waals surface area contributed by atoms with Gasteiger partial charge in [-0.15, -0.1) is 11.3 Å². The number of para-hydroxylation sites is 2. The second-order valence-corrected chi connectivity index (χ2v) is 9.62. The Morgan fingerprint density at radius 2 is 1.24 bits per heavy atom. The zero-order valence-corrected chi connectivity index (χ0v) is 18.4. The summed E-state index contributed by atoms with van der Waals surface area (Å²) in [6.45, 7) is 0. The van der Waals surface area contributed by atoms with Crippen molar-refractivity contribution in [2.45, 2.75) is 0 Å². The lowest BCUT2D eigenvalue weighted by molar-refractivity contribution is 0.668. The number of fused-ring (bicyclic) bond motifs is 10. The first-order valence-electron chi connectivity index (χ1n) is 11.1. The zero-order chi connectivity index (χ0) is 21.5. The molecule has 154 valence electrons. The molecule has 3 aromatic heterocycles. The Hall–Kier alpha value is -4.08. The van der Waals surface area contributed by atoms with Gasteiger partial charge in [0, 0.05) is 48.8 Å². The van der Waals surface area contributed by atoms with Crippen LogP contribution in [0.3, 0.4) is 0 Å². The van der Waals surface area contributed by atoms with Gasteiger partial charge in [-0.05, 0) is 30.3 Å². The summed E-state index contributed by atoms with van der Waals surface area (Å²) in [5.74, 6) is 0. The molecular formula is C30H17NOS. The molecule has 0 unspecified atom stereocenters. The largest absolute Gasteiger partial charge is 0.456 e. The van der Waals surface area contributed by atoms with Crippen LogP contribution < -0.4 is 0 Å². The SMILES string of the molecule is c1ccc2c(c1)oc1cc(-n3c4ccccc4c4ccc5c6ccccc6sc5c43)ccc12. The highest BCUT2D eigenvalue weighted by Crippen LogP contribution is 2.43. The van der Waals surface area contributed by atoms with Crippen LogP contribution >= 0.6 is 11.3 Å². The number of nitrogens with zero attached hydrogens (tertiary/aromatic N) is 1. The van der Waals surface area contributed by atoms with Gasteiger partial charge in [0.2, 0.25) is 0 Å². The molecule has 0 N–H and O–H groups in total.